The second-order valence-electron chi connectivity index (χ2n) is 7.61. The summed E-state index contributed by atoms with van der Waals surface area (Å²) in [5, 5.41) is 19.7. The lowest BCUT2D eigenvalue weighted by Crippen LogP contribution is -2.45. The molecule has 0 bridgehead atoms. The molecule has 1 aromatic carbocycles. The smallest absolute Gasteiger partial charge is 0.310 e. The molecule has 26 heavy (non-hydrogen) atoms. The predicted molar refractivity (Wildman–Crippen MR) is 92.4 cm³/mol. The van der Waals surface area contributed by atoms with Gasteiger partial charge in [0.25, 0.3) is 0 Å². The largest absolute Gasteiger partial charge is 0.481 e. The van der Waals surface area contributed by atoms with Gasteiger partial charge in [0.05, 0.1) is 18.0 Å². The first-order valence-corrected chi connectivity index (χ1v) is 8.92. The van der Waals surface area contributed by atoms with Crippen molar-refractivity contribution in [2.24, 2.45) is 34.3 Å². The topological polar surface area (TPSA) is 104 Å². The molecule has 138 valence electrons. The van der Waals surface area contributed by atoms with Gasteiger partial charge in [0.1, 0.15) is 11.2 Å². The molecule has 0 spiro atoms. The van der Waals surface area contributed by atoms with Crippen molar-refractivity contribution in [1.82, 2.24) is 0 Å². The van der Waals surface area contributed by atoms with Gasteiger partial charge < -0.3 is 10.8 Å². The maximum Gasteiger partial charge on any atom is 0.310 e. The van der Waals surface area contributed by atoms with E-state index in [2.05, 4.69) is 6.07 Å². The SMILES string of the molecule is CCC1(C(=O)O)C2CC(Cc3ccc(F)c(C)c3)C(C#N)(C(=O)CN)C21. The van der Waals surface area contributed by atoms with Crippen molar-refractivity contribution in [2.75, 3.05) is 6.54 Å². The van der Waals surface area contributed by atoms with Crippen LogP contribution in [0, 0.1) is 52.7 Å². The number of carboxylic acids is 1. The van der Waals surface area contributed by atoms with E-state index in [-0.39, 0.29) is 30.0 Å². The van der Waals surface area contributed by atoms with E-state index in [0.29, 0.717) is 24.8 Å². The number of carboxylic acid groups (broad SMARTS) is 1. The van der Waals surface area contributed by atoms with Gasteiger partial charge in [-0.25, -0.2) is 4.39 Å². The molecule has 2 aliphatic carbocycles. The third-order valence-corrected chi connectivity index (χ3v) is 6.70. The lowest BCUT2D eigenvalue weighted by Gasteiger charge is -2.33. The molecule has 1 aromatic rings. The van der Waals surface area contributed by atoms with Crippen LogP contribution in [-0.4, -0.2) is 23.4 Å². The number of aliphatic carboxylic acids is 1. The fraction of sp³-hybridized carbons (Fsp3) is 0.550. The average Bonchev–Trinajstić information content (AvgIpc) is 3.16. The summed E-state index contributed by atoms with van der Waals surface area (Å²) in [5.41, 5.74) is 4.57. The van der Waals surface area contributed by atoms with Crippen LogP contribution in [0.1, 0.15) is 30.9 Å². The van der Waals surface area contributed by atoms with E-state index in [0.717, 1.165) is 5.56 Å². The number of carbonyl (C=O) groups is 2. The molecule has 5 unspecified atom stereocenters. The number of Topliss-reactive ketones (excluding diaryl/α,β-unsaturated/α-hetero) is 1. The molecule has 2 fully saturated rings. The first-order chi connectivity index (χ1) is 12.3. The molecule has 3 rings (SSSR count). The van der Waals surface area contributed by atoms with Crippen molar-refractivity contribution in [3.8, 4) is 6.07 Å². The third-order valence-electron chi connectivity index (χ3n) is 6.70. The van der Waals surface area contributed by atoms with Crippen LogP contribution in [-0.2, 0) is 16.0 Å². The second kappa shape index (κ2) is 6.17. The summed E-state index contributed by atoms with van der Waals surface area (Å²) < 4.78 is 13.5. The van der Waals surface area contributed by atoms with Crippen LogP contribution in [0.15, 0.2) is 18.2 Å². The van der Waals surface area contributed by atoms with Gasteiger partial charge in [0.15, 0.2) is 5.78 Å². The maximum atomic E-state index is 13.5. The Bertz CT molecular complexity index is 818. The minimum Gasteiger partial charge on any atom is -0.481 e. The van der Waals surface area contributed by atoms with Crippen molar-refractivity contribution < 1.29 is 19.1 Å². The van der Waals surface area contributed by atoms with Crippen LogP contribution in [0.3, 0.4) is 0 Å². The van der Waals surface area contributed by atoms with Gasteiger partial charge in [-0.3, -0.25) is 9.59 Å². The van der Waals surface area contributed by atoms with E-state index >= 15 is 0 Å². The normalized spacial score (nSPS) is 34.8. The number of nitriles is 1. The van der Waals surface area contributed by atoms with Gasteiger partial charge in [-0.1, -0.05) is 19.1 Å². The fourth-order valence-corrected chi connectivity index (χ4v) is 5.42. The molecule has 5 nitrogen and oxygen atoms in total. The van der Waals surface area contributed by atoms with E-state index in [9.17, 15) is 24.3 Å². The van der Waals surface area contributed by atoms with Crippen LogP contribution in [0.4, 0.5) is 4.39 Å². The monoisotopic (exact) mass is 358 g/mol. The number of benzene rings is 1. The minimum atomic E-state index is -1.38. The van der Waals surface area contributed by atoms with Gasteiger partial charge in [-0.2, -0.15) is 5.26 Å². The Morgan fingerprint density at radius 3 is 2.65 bits per heavy atom. The summed E-state index contributed by atoms with van der Waals surface area (Å²) >= 11 is 0. The summed E-state index contributed by atoms with van der Waals surface area (Å²) in [5.74, 6) is -2.61. The number of halogens is 1. The fourth-order valence-electron chi connectivity index (χ4n) is 5.42. The molecule has 6 heteroatoms. The number of carbonyl (C=O) groups excluding carboxylic acids is 1. The molecule has 5 atom stereocenters. The lowest BCUT2D eigenvalue weighted by molar-refractivity contribution is -0.146. The average molecular weight is 358 g/mol. The molecule has 0 aromatic heterocycles. The number of hydrogen-bond donors (Lipinski definition) is 2. The van der Waals surface area contributed by atoms with Crippen molar-refractivity contribution in [2.45, 2.75) is 33.1 Å². The number of rotatable bonds is 6. The molecule has 0 radical (unpaired) electrons. The van der Waals surface area contributed by atoms with Gasteiger partial charge in [0, 0.05) is 5.92 Å². The van der Waals surface area contributed by atoms with E-state index in [4.69, 9.17) is 5.73 Å². The molecule has 0 amide bonds. The number of aryl methyl sites for hydroxylation is 1. The Morgan fingerprint density at radius 1 is 1.46 bits per heavy atom. The summed E-state index contributed by atoms with van der Waals surface area (Å²) in [4.78, 5) is 24.6. The van der Waals surface area contributed by atoms with Crippen LogP contribution >= 0.6 is 0 Å². The lowest BCUT2D eigenvalue weighted by atomic mass is 9.65. The Balaban J connectivity index is 2.00. The van der Waals surface area contributed by atoms with Gasteiger partial charge >= 0.3 is 5.97 Å². The first kappa shape index (κ1) is 18.5. The molecule has 2 saturated carbocycles. The predicted octanol–water partition coefficient (Wildman–Crippen LogP) is 2.46. The van der Waals surface area contributed by atoms with Crippen LogP contribution in [0.5, 0.6) is 0 Å². The number of nitrogens with zero attached hydrogens (tertiary/aromatic N) is 1. The van der Waals surface area contributed by atoms with Crippen molar-refractivity contribution in [1.29, 1.82) is 5.26 Å². The number of fused-ring (bicyclic) bond motifs is 1. The molecule has 0 aliphatic heterocycles. The summed E-state index contributed by atoms with van der Waals surface area (Å²) in [6.07, 6.45) is 1.33. The third kappa shape index (κ3) is 2.23. The summed E-state index contributed by atoms with van der Waals surface area (Å²) in [6.45, 7) is 3.18. The van der Waals surface area contributed by atoms with E-state index < -0.39 is 22.7 Å². The molecule has 0 heterocycles. The van der Waals surface area contributed by atoms with Crippen molar-refractivity contribution in [3.63, 3.8) is 0 Å². The molecular weight excluding hydrogens is 335 g/mol. The zero-order valence-electron chi connectivity index (χ0n) is 15.0. The maximum absolute atomic E-state index is 13.5. The standard InChI is InChI=1S/C20H23FN2O3/c1-3-19(18(25)26)14-8-13(7-12-4-5-15(21)11(2)6-12)20(10-23,17(14)19)16(24)9-22/h4-6,13-14,17H,3,7-9,22H2,1-2H3,(H,25,26). The highest BCUT2D eigenvalue weighted by atomic mass is 19.1. The summed E-state index contributed by atoms with van der Waals surface area (Å²) in [7, 11) is 0. The molecule has 3 N–H and O–H groups in total. The minimum absolute atomic E-state index is 0.188. The Kier molecular flexibility index (Phi) is 4.40. The Morgan fingerprint density at radius 2 is 2.15 bits per heavy atom. The molecule has 2 aliphatic rings. The van der Waals surface area contributed by atoms with Gasteiger partial charge in [0.2, 0.25) is 0 Å². The molecular formula is C20H23FN2O3. The summed E-state index contributed by atoms with van der Waals surface area (Å²) in [6, 6.07) is 6.95. The van der Waals surface area contributed by atoms with E-state index in [1.807, 2.05) is 0 Å². The highest BCUT2D eigenvalue weighted by Crippen LogP contribution is 2.77. The highest BCUT2D eigenvalue weighted by Gasteiger charge is 2.82. The second-order valence-corrected chi connectivity index (χ2v) is 7.61. The Hall–Kier alpha value is -2.26. The van der Waals surface area contributed by atoms with Crippen molar-refractivity contribution >= 4 is 11.8 Å². The number of ketones is 1. The zero-order valence-corrected chi connectivity index (χ0v) is 15.0. The Labute approximate surface area is 152 Å². The van der Waals surface area contributed by atoms with Gasteiger partial charge in [-0.05, 0) is 55.2 Å². The number of hydrogen-bond acceptors (Lipinski definition) is 4. The first-order valence-electron chi connectivity index (χ1n) is 8.92. The van der Waals surface area contributed by atoms with E-state index in [1.54, 1.807) is 26.0 Å². The zero-order chi connectivity index (χ0) is 19.3. The van der Waals surface area contributed by atoms with Crippen molar-refractivity contribution in [3.05, 3.63) is 35.1 Å². The van der Waals surface area contributed by atoms with Crippen LogP contribution < -0.4 is 5.73 Å². The quantitative estimate of drug-likeness (QED) is 0.813. The highest BCUT2D eigenvalue weighted by molar-refractivity contribution is 5.94. The molecule has 0 saturated heterocycles. The van der Waals surface area contributed by atoms with Crippen LogP contribution in [0.2, 0.25) is 0 Å². The van der Waals surface area contributed by atoms with E-state index in [1.165, 1.54) is 6.07 Å². The van der Waals surface area contributed by atoms with Crippen LogP contribution in [0.25, 0.3) is 0 Å². The van der Waals surface area contributed by atoms with Gasteiger partial charge in [-0.15, -0.1) is 0 Å². The number of nitrogens with two attached hydrogens (primary N) is 1.